The summed E-state index contributed by atoms with van der Waals surface area (Å²) in [5.41, 5.74) is 2.69. The van der Waals surface area contributed by atoms with E-state index in [1.165, 1.54) is 0 Å². The molecule has 0 aliphatic heterocycles. The molecule has 2 aromatic carbocycles. The predicted molar refractivity (Wildman–Crippen MR) is 90.2 cm³/mol. The highest BCUT2D eigenvalue weighted by atomic mass is 35.5. The number of hydrogen-bond acceptors (Lipinski definition) is 2. The molecule has 0 aliphatic rings. The molecule has 0 saturated carbocycles. The predicted octanol–water partition coefficient (Wildman–Crippen LogP) is 4.64. The summed E-state index contributed by atoms with van der Waals surface area (Å²) in [5, 5.41) is 0.687. The lowest BCUT2D eigenvalue weighted by molar-refractivity contribution is 0.0784. The maximum Gasteiger partial charge on any atom is 0.254 e. The molecule has 21 heavy (non-hydrogen) atoms. The summed E-state index contributed by atoms with van der Waals surface area (Å²) < 4.78 is 0. The van der Waals surface area contributed by atoms with Gasteiger partial charge in [-0.15, -0.1) is 11.8 Å². The molecule has 110 valence electrons. The van der Waals surface area contributed by atoms with Crippen molar-refractivity contribution in [2.45, 2.75) is 18.4 Å². The molecule has 0 heterocycles. The number of aryl methyl sites for hydroxylation is 1. The molecule has 1 amide bonds. The standard InChI is InChI=1S/C17H18ClNOS/c1-12-8-9-14(21-3)10-15(12)17(20)19(2)11-13-6-4-5-7-16(13)18/h4-10H,11H2,1-3H3. The third-order valence-electron chi connectivity index (χ3n) is 3.39. The van der Waals surface area contributed by atoms with Crippen molar-refractivity contribution in [1.82, 2.24) is 4.90 Å². The normalized spacial score (nSPS) is 10.5. The molecule has 2 rings (SSSR count). The second kappa shape index (κ2) is 7.01. The van der Waals surface area contributed by atoms with Crippen LogP contribution in [0.25, 0.3) is 0 Å². The van der Waals surface area contributed by atoms with Crippen molar-refractivity contribution in [3.05, 3.63) is 64.2 Å². The summed E-state index contributed by atoms with van der Waals surface area (Å²) in [6.45, 7) is 2.46. The summed E-state index contributed by atoms with van der Waals surface area (Å²) in [6, 6.07) is 13.6. The van der Waals surface area contributed by atoms with Crippen LogP contribution >= 0.6 is 23.4 Å². The Morgan fingerprint density at radius 2 is 1.95 bits per heavy atom. The highest BCUT2D eigenvalue weighted by Crippen LogP contribution is 2.22. The molecule has 0 spiro atoms. The zero-order valence-corrected chi connectivity index (χ0v) is 14.0. The molecule has 0 aliphatic carbocycles. The molecule has 4 heteroatoms. The SMILES string of the molecule is CSc1ccc(C)c(C(=O)N(C)Cc2ccccc2Cl)c1. The highest BCUT2D eigenvalue weighted by Gasteiger charge is 2.15. The minimum absolute atomic E-state index is 0.0170. The monoisotopic (exact) mass is 319 g/mol. The van der Waals surface area contributed by atoms with Gasteiger partial charge in [0.1, 0.15) is 0 Å². The third kappa shape index (κ3) is 3.80. The lowest BCUT2D eigenvalue weighted by atomic mass is 10.1. The van der Waals surface area contributed by atoms with Crippen LogP contribution in [0.4, 0.5) is 0 Å². The van der Waals surface area contributed by atoms with E-state index >= 15 is 0 Å². The first-order chi connectivity index (χ1) is 10.0. The number of carbonyl (C=O) groups is 1. The van der Waals surface area contributed by atoms with E-state index in [-0.39, 0.29) is 5.91 Å². The smallest absolute Gasteiger partial charge is 0.254 e. The van der Waals surface area contributed by atoms with Gasteiger partial charge in [-0.1, -0.05) is 35.9 Å². The van der Waals surface area contributed by atoms with Gasteiger partial charge in [0.2, 0.25) is 0 Å². The van der Waals surface area contributed by atoms with Gasteiger partial charge in [-0.3, -0.25) is 4.79 Å². The number of nitrogens with zero attached hydrogens (tertiary/aromatic N) is 1. The number of carbonyl (C=O) groups excluding carboxylic acids is 1. The van der Waals surface area contributed by atoms with Gasteiger partial charge < -0.3 is 4.90 Å². The number of amides is 1. The number of thioether (sulfide) groups is 1. The lowest BCUT2D eigenvalue weighted by Gasteiger charge is -2.19. The van der Waals surface area contributed by atoms with Crippen LogP contribution < -0.4 is 0 Å². The summed E-state index contributed by atoms with van der Waals surface area (Å²) in [6.07, 6.45) is 2.01. The van der Waals surface area contributed by atoms with Gasteiger partial charge in [0.25, 0.3) is 5.91 Å². The quantitative estimate of drug-likeness (QED) is 0.765. The fourth-order valence-electron chi connectivity index (χ4n) is 2.12. The van der Waals surface area contributed by atoms with Crippen LogP contribution in [0.2, 0.25) is 5.02 Å². The van der Waals surface area contributed by atoms with Gasteiger partial charge in [-0.25, -0.2) is 0 Å². The Hall–Kier alpha value is -1.45. The fourth-order valence-corrected chi connectivity index (χ4v) is 2.75. The van der Waals surface area contributed by atoms with Crippen LogP contribution in [0.3, 0.4) is 0 Å². The minimum atomic E-state index is 0.0170. The van der Waals surface area contributed by atoms with Crippen LogP contribution in [-0.4, -0.2) is 24.1 Å². The van der Waals surface area contributed by atoms with Gasteiger partial charge in [-0.2, -0.15) is 0 Å². The van der Waals surface area contributed by atoms with Gasteiger partial charge >= 0.3 is 0 Å². The zero-order chi connectivity index (χ0) is 15.4. The zero-order valence-electron chi connectivity index (χ0n) is 12.4. The van der Waals surface area contributed by atoms with Crippen molar-refractivity contribution in [2.24, 2.45) is 0 Å². The Balaban J connectivity index is 2.22. The Morgan fingerprint density at radius 1 is 1.24 bits per heavy atom. The van der Waals surface area contributed by atoms with Crippen molar-refractivity contribution < 1.29 is 4.79 Å². The van der Waals surface area contributed by atoms with E-state index in [0.717, 1.165) is 21.6 Å². The Morgan fingerprint density at radius 3 is 2.62 bits per heavy atom. The minimum Gasteiger partial charge on any atom is -0.337 e. The Bertz CT molecular complexity index is 657. The van der Waals surface area contributed by atoms with Crippen LogP contribution in [-0.2, 0) is 6.54 Å². The second-order valence-corrected chi connectivity index (χ2v) is 6.22. The van der Waals surface area contributed by atoms with Crippen LogP contribution in [0.15, 0.2) is 47.4 Å². The first-order valence-corrected chi connectivity index (χ1v) is 8.26. The van der Waals surface area contributed by atoms with E-state index in [1.807, 2.05) is 55.6 Å². The van der Waals surface area contributed by atoms with Crippen LogP contribution in [0.1, 0.15) is 21.5 Å². The molecular formula is C17H18ClNOS. The third-order valence-corrected chi connectivity index (χ3v) is 4.48. The maximum absolute atomic E-state index is 12.6. The molecule has 0 aromatic heterocycles. The van der Waals surface area contributed by atoms with Gasteiger partial charge in [-0.05, 0) is 42.5 Å². The lowest BCUT2D eigenvalue weighted by Crippen LogP contribution is -2.27. The second-order valence-electron chi connectivity index (χ2n) is 4.93. The molecule has 2 nitrogen and oxygen atoms in total. The van der Waals surface area contributed by atoms with E-state index in [0.29, 0.717) is 11.6 Å². The maximum atomic E-state index is 12.6. The molecule has 0 saturated heterocycles. The van der Waals surface area contributed by atoms with E-state index < -0.39 is 0 Å². The highest BCUT2D eigenvalue weighted by molar-refractivity contribution is 7.98. The number of halogens is 1. The van der Waals surface area contributed by atoms with Crippen molar-refractivity contribution in [3.63, 3.8) is 0 Å². The van der Waals surface area contributed by atoms with Crippen molar-refractivity contribution in [2.75, 3.05) is 13.3 Å². The molecule has 0 fully saturated rings. The molecule has 0 unspecified atom stereocenters. The average Bonchev–Trinajstić information content (AvgIpc) is 2.49. The van der Waals surface area contributed by atoms with E-state index in [4.69, 9.17) is 11.6 Å². The topological polar surface area (TPSA) is 20.3 Å². The summed E-state index contributed by atoms with van der Waals surface area (Å²) in [5.74, 6) is 0.0170. The van der Waals surface area contributed by atoms with Gasteiger partial charge in [0, 0.05) is 29.1 Å². The van der Waals surface area contributed by atoms with Gasteiger partial charge in [0.15, 0.2) is 0 Å². The van der Waals surface area contributed by atoms with E-state index in [2.05, 4.69) is 0 Å². The first-order valence-electron chi connectivity index (χ1n) is 6.66. The number of benzene rings is 2. The summed E-state index contributed by atoms with van der Waals surface area (Å²) in [7, 11) is 1.80. The Labute approximate surface area is 135 Å². The molecular weight excluding hydrogens is 302 g/mol. The van der Waals surface area contributed by atoms with Crippen LogP contribution in [0.5, 0.6) is 0 Å². The molecule has 0 radical (unpaired) electrons. The summed E-state index contributed by atoms with van der Waals surface area (Å²) >= 11 is 7.79. The van der Waals surface area contributed by atoms with E-state index in [9.17, 15) is 4.79 Å². The molecule has 2 aromatic rings. The Kier molecular flexibility index (Phi) is 5.32. The summed E-state index contributed by atoms with van der Waals surface area (Å²) in [4.78, 5) is 15.4. The first kappa shape index (κ1) is 15.9. The molecule has 0 N–H and O–H groups in total. The van der Waals surface area contributed by atoms with Crippen molar-refractivity contribution in [3.8, 4) is 0 Å². The van der Waals surface area contributed by atoms with Gasteiger partial charge in [0.05, 0.1) is 0 Å². The molecule has 0 bridgehead atoms. The van der Waals surface area contributed by atoms with Crippen LogP contribution in [0, 0.1) is 6.92 Å². The number of hydrogen-bond donors (Lipinski definition) is 0. The van der Waals surface area contributed by atoms with Crippen molar-refractivity contribution in [1.29, 1.82) is 0 Å². The molecule has 0 atom stereocenters. The average molecular weight is 320 g/mol. The fraction of sp³-hybridized carbons (Fsp3) is 0.235. The van der Waals surface area contributed by atoms with E-state index in [1.54, 1.807) is 23.7 Å². The van der Waals surface area contributed by atoms with Crippen molar-refractivity contribution >= 4 is 29.3 Å². The number of rotatable bonds is 4. The largest absolute Gasteiger partial charge is 0.337 e.